The fourth-order valence-corrected chi connectivity index (χ4v) is 5.46. The predicted octanol–water partition coefficient (Wildman–Crippen LogP) is 1.03. The van der Waals surface area contributed by atoms with Crippen LogP contribution in [-0.2, 0) is 14.8 Å². The number of aryl methyl sites for hydroxylation is 1. The van der Waals surface area contributed by atoms with E-state index in [1.165, 1.54) is 16.4 Å². The molecule has 0 bridgehead atoms. The molecule has 2 amide bonds. The molecule has 2 saturated heterocycles. The zero-order chi connectivity index (χ0) is 23.6. The van der Waals surface area contributed by atoms with Gasteiger partial charge in [0.15, 0.2) is 0 Å². The minimum Gasteiger partial charge on any atom is -0.353 e. The van der Waals surface area contributed by atoms with Gasteiger partial charge in [-0.15, -0.1) is 0 Å². The molecule has 1 aromatic carbocycles. The Kier molecular flexibility index (Phi) is 6.48. The number of benzene rings is 1. The van der Waals surface area contributed by atoms with Gasteiger partial charge in [-0.05, 0) is 49.4 Å². The van der Waals surface area contributed by atoms with Crippen LogP contribution < -0.4 is 10.2 Å². The Morgan fingerprint density at radius 1 is 1.06 bits per heavy atom. The van der Waals surface area contributed by atoms with Crippen LogP contribution in [0, 0.1) is 6.92 Å². The lowest BCUT2D eigenvalue weighted by Crippen LogP contribution is -2.60. The number of carbonyl (C=O) groups excluding carboxylic acids is 2. The molecule has 0 aliphatic carbocycles. The van der Waals surface area contributed by atoms with E-state index in [9.17, 15) is 18.0 Å². The van der Waals surface area contributed by atoms with Crippen LogP contribution in [0.1, 0.15) is 16.1 Å². The number of amides is 2. The highest BCUT2D eigenvalue weighted by Crippen LogP contribution is 2.23. The zero-order valence-corrected chi connectivity index (χ0v) is 19.3. The molecule has 174 valence electrons. The van der Waals surface area contributed by atoms with Crippen molar-refractivity contribution in [2.24, 2.45) is 0 Å². The Morgan fingerprint density at radius 3 is 2.33 bits per heavy atom. The van der Waals surface area contributed by atoms with Gasteiger partial charge in [0, 0.05) is 50.5 Å². The van der Waals surface area contributed by atoms with E-state index in [1.54, 1.807) is 17.0 Å². The number of pyridine rings is 1. The van der Waals surface area contributed by atoms with E-state index in [1.807, 2.05) is 25.1 Å². The van der Waals surface area contributed by atoms with E-state index in [4.69, 9.17) is 0 Å². The standard InChI is InChI=1S/C23H27N5O4S/c1-3-22(29)25-19-15-28(16-19)33(31,32)20-9-7-18(8-10-20)23(30)27-13-11-26(12-14-27)21-6-4-5-17(2)24-21/h3-10,19H,1,11-16H2,2H3,(H,25,29). The second-order valence-electron chi connectivity index (χ2n) is 8.17. The predicted molar refractivity (Wildman–Crippen MR) is 124 cm³/mol. The molecule has 2 aliphatic rings. The Morgan fingerprint density at radius 2 is 1.73 bits per heavy atom. The van der Waals surface area contributed by atoms with Crippen LogP contribution in [-0.4, -0.2) is 79.7 Å². The van der Waals surface area contributed by atoms with Gasteiger partial charge in [0.25, 0.3) is 5.91 Å². The van der Waals surface area contributed by atoms with Crippen LogP contribution in [0.25, 0.3) is 0 Å². The van der Waals surface area contributed by atoms with Gasteiger partial charge in [0.1, 0.15) is 5.82 Å². The third-order valence-electron chi connectivity index (χ3n) is 5.88. The normalized spacial score (nSPS) is 17.4. The summed E-state index contributed by atoms with van der Waals surface area (Å²) in [5.74, 6) is 0.469. The van der Waals surface area contributed by atoms with E-state index in [0.29, 0.717) is 31.7 Å². The highest BCUT2D eigenvalue weighted by atomic mass is 32.2. The molecular formula is C23H27N5O4S. The number of hydrogen-bond acceptors (Lipinski definition) is 6. The van der Waals surface area contributed by atoms with Crippen molar-refractivity contribution >= 4 is 27.7 Å². The van der Waals surface area contributed by atoms with Crippen molar-refractivity contribution in [3.8, 4) is 0 Å². The van der Waals surface area contributed by atoms with Crippen LogP contribution in [0.2, 0.25) is 0 Å². The van der Waals surface area contributed by atoms with Gasteiger partial charge in [0.05, 0.1) is 10.9 Å². The number of hydrogen-bond donors (Lipinski definition) is 1. The minimum atomic E-state index is -3.67. The van der Waals surface area contributed by atoms with E-state index < -0.39 is 10.0 Å². The smallest absolute Gasteiger partial charge is 0.253 e. The summed E-state index contributed by atoms with van der Waals surface area (Å²) < 4.78 is 26.9. The quantitative estimate of drug-likeness (QED) is 0.634. The van der Waals surface area contributed by atoms with Gasteiger partial charge >= 0.3 is 0 Å². The number of aromatic nitrogens is 1. The molecule has 0 radical (unpaired) electrons. The van der Waals surface area contributed by atoms with Gasteiger partial charge in [0.2, 0.25) is 15.9 Å². The molecule has 0 unspecified atom stereocenters. The third kappa shape index (κ3) is 4.91. The first-order chi connectivity index (χ1) is 15.8. The fourth-order valence-electron chi connectivity index (χ4n) is 3.93. The van der Waals surface area contributed by atoms with Crippen LogP contribution in [0.3, 0.4) is 0 Å². The first-order valence-corrected chi connectivity index (χ1v) is 12.2. The fraction of sp³-hybridized carbons (Fsp3) is 0.348. The molecule has 1 N–H and O–H groups in total. The SMILES string of the molecule is C=CC(=O)NC1CN(S(=O)(=O)c2ccc(C(=O)N3CCN(c4cccc(C)n4)CC3)cc2)C1. The summed E-state index contributed by atoms with van der Waals surface area (Å²) in [5.41, 5.74) is 1.41. The molecule has 4 rings (SSSR count). The van der Waals surface area contributed by atoms with E-state index >= 15 is 0 Å². The second kappa shape index (κ2) is 9.32. The summed E-state index contributed by atoms with van der Waals surface area (Å²) in [5, 5.41) is 2.68. The topological polar surface area (TPSA) is 103 Å². The van der Waals surface area contributed by atoms with Crippen molar-refractivity contribution in [3.63, 3.8) is 0 Å². The molecule has 2 aliphatic heterocycles. The largest absolute Gasteiger partial charge is 0.353 e. The highest BCUT2D eigenvalue weighted by Gasteiger charge is 2.37. The first kappa shape index (κ1) is 22.9. The number of anilines is 1. The van der Waals surface area contributed by atoms with Crippen molar-refractivity contribution in [2.45, 2.75) is 17.9 Å². The monoisotopic (exact) mass is 469 g/mol. The Balaban J connectivity index is 1.34. The Hall–Kier alpha value is -3.24. The Labute approximate surface area is 193 Å². The van der Waals surface area contributed by atoms with Crippen LogP contribution in [0.5, 0.6) is 0 Å². The summed E-state index contributed by atoms with van der Waals surface area (Å²) in [6.45, 7) is 8.27. The van der Waals surface area contributed by atoms with E-state index in [-0.39, 0.29) is 35.8 Å². The Bertz CT molecular complexity index is 1150. The minimum absolute atomic E-state index is 0.119. The highest BCUT2D eigenvalue weighted by molar-refractivity contribution is 7.89. The van der Waals surface area contributed by atoms with Crippen LogP contribution >= 0.6 is 0 Å². The average Bonchev–Trinajstić information content (AvgIpc) is 2.80. The molecule has 33 heavy (non-hydrogen) atoms. The molecule has 0 atom stereocenters. The number of rotatable bonds is 6. The summed E-state index contributed by atoms with van der Waals surface area (Å²) >= 11 is 0. The summed E-state index contributed by atoms with van der Waals surface area (Å²) in [6.07, 6.45) is 1.16. The van der Waals surface area contributed by atoms with Crippen molar-refractivity contribution in [3.05, 3.63) is 66.4 Å². The summed E-state index contributed by atoms with van der Waals surface area (Å²) in [6, 6.07) is 11.7. The van der Waals surface area contributed by atoms with Gasteiger partial charge in [-0.1, -0.05) is 12.6 Å². The molecule has 0 saturated carbocycles. The molecule has 2 fully saturated rings. The van der Waals surface area contributed by atoms with Gasteiger partial charge in [-0.25, -0.2) is 13.4 Å². The zero-order valence-electron chi connectivity index (χ0n) is 18.5. The molecule has 10 heteroatoms. The van der Waals surface area contributed by atoms with Crippen LogP contribution in [0.15, 0.2) is 60.0 Å². The van der Waals surface area contributed by atoms with Crippen molar-refractivity contribution in [2.75, 3.05) is 44.2 Å². The number of carbonyl (C=O) groups is 2. The summed E-state index contributed by atoms with van der Waals surface area (Å²) in [7, 11) is -3.67. The second-order valence-corrected chi connectivity index (χ2v) is 10.1. The maximum absolute atomic E-state index is 12.9. The molecule has 2 aromatic rings. The van der Waals surface area contributed by atoms with Gasteiger partial charge in [-0.2, -0.15) is 4.31 Å². The third-order valence-corrected chi connectivity index (χ3v) is 7.73. The van der Waals surface area contributed by atoms with Crippen LogP contribution in [0.4, 0.5) is 5.82 Å². The lowest BCUT2D eigenvalue weighted by Gasteiger charge is -2.38. The number of piperazine rings is 1. The average molecular weight is 470 g/mol. The van der Waals surface area contributed by atoms with Crippen molar-refractivity contribution < 1.29 is 18.0 Å². The maximum Gasteiger partial charge on any atom is 0.253 e. The molecule has 3 heterocycles. The first-order valence-electron chi connectivity index (χ1n) is 10.8. The van der Waals surface area contributed by atoms with Crippen molar-refractivity contribution in [1.82, 2.24) is 19.5 Å². The van der Waals surface area contributed by atoms with Crippen molar-refractivity contribution in [1.29, 1.82) is 0 Å². The molecule has 0 spiro atoms. The molecular weight excluding hydrogens is 442 g/mol. The lowest BCUT2D eigenvalue weighted by atomic mass is 10.2. The number of nitrogens with one attached hydrogen (secondary N) is 1. The summed E-state index contributed by atoms with van der Waals surface area (Å²) in [4.78, 5) is 32.9. The molecule has 1 aromatic heterocycles. The van der Waals surface area contributed by atoms with Gasteiger partial charge < -0.3 is 15.1 Å². The number of nitrogens with zero attached hydrogens (tertiary/aromatic N) is 4. The molecule has 9 nitrogen and oxygen atoms in total. The number of sulfonamides is 1. The lowest BCUT2D eigenvalue weighted by molar-refractivity contribution is -0.117. The maximum atomic E-state index is 12.9. The van der Waals surface area contributed by atoms with Gasteiger partial charge in [-0.3, -0.25) is 9.59 Å². The van der Waals surface area contributed by atoms with E-state index in [2.05, 4.69) is 21.8 Å². The van der Waals surface area contributed by atoms with E-state index in [0.717, 1.165) is 17.6 Å².